The zero-order valence-corrected chi connectivity index (χ0v) is 13.3. The van der Waals surface area contributed by atoms with Crippen LogP contribution in [0.1, 0.15) is 23.2 Å². The molecule has 1 amide bonds. The van der Waals surface area contributed by atoms with Gasteiger partial charge in [-0.05, 0) is 13.8 Å². The number of hydrogen-bond acceptors (Lipinski definition) is 9. The molecule has 11 heteroatoms. The van der Waals surface area contributed by atoms with Crippen LogP contribution in [-0.4, -0.2) is 38.3 Å². The van der Waals surface area contributed by atoms with Gasteiger partial charge in [0.2, 0.25) is 11.6 Å². The first-order valence-corrected chi connectivity index (χ1v) is 7.24. The number of aryl methyl sites for hydroxylation is 1. The molecule has 0 saturated carbocycles. The minimum Gasteiger partial charge on any atom is -0.461 e. The van der Waals surface area contributed by atoms with Crippen molar-refractivity contribution in [1.29, 1.82) is 0 Å². The SMILES string of the molecule is CCOC(=O)c1noc2ncn(CC(=O)Nc3cc(C)on3)c(=O)c12. The Morgan fingerprint density at radius 2 is 2.12 bits per heavy atom. The van der Waals surface area contributed by atoms with Crippen molar-refractivity contribution in [3.05, 3.63) is 34.2 Å². The van der Waals surface area contributed by atoms with Crippen molar-refractivity contribution in [3.63, 3.8) is 0 Å². The van der Waals surface area contributed by atoms with Gasteiger partial charge >= 0.3 is 5.97 Å². The van der Waals surface area contributed by atoms with Crippen molar-refractivity contribution < 1.29 is 23.4 Å². The summed E-state index contributed by atoms with van der Waals surface area (Å²) < 4.78 is 15.5. The molecule has 0 atom stereocenters. The average Bonchev–Trinajstić information content (AvgIpc) is 3.17. The Hall–Kier alpha value is -3.50. The summed E-state index contributed by atoms with van der Waals surface area (Å²) in [6.07, 6.45) is 1.12. The molecule has 1 N–H and O–H groups in total. The highest BCUT2D eigenvalue weighted by atomic mass is 16.5. The fourth-order valence-corrected chi connectivity index (χ4v) is 2.09. The van der Waals surface area contributed by atoms with Gasteiger partial charge in [0.15, 0.2) is 5.82 Å². The second-order valence-corrected chi connectivity index (χ2v) is 4.98. The maximum atomic E-state index is 12.5. The van der Waals surface area contributed by atoms with E-state index in [1.807, 2.05) is 0 Å². The molecule has 0 saturated heterocycles. The van der Waals surface area contributed by atoms with E-state index in [1.165, 1.54) is 6.07 Å². The lowest BCUT2D eigenvalue weighted by atomic mass is 10.3. The van der Waals surface area contributed by atoms with E-state index in [4.69, 9.17) is 13.8 Å². The molecule has 0 bridgehead atoms. The highest BCUT2D eigenvalue weighted by Gasteiger charge is 2.22. The van der Waals surface area contributed by atoms with Gasteiger partial charge in [0.05, 0.1) is 6.61 Å². The zero-order chi connectivity index (χ0) is 18.0. The van der Waals surface area contributed by atoms with E-state index in [9.17, 15) is 14.4 Å². The highest BCUT2D eigenvalue weighted by molar-refractivity contribution is 5.99. The molecule has 3 aromatic rings. The number of carbonyl (C=O) groups excluding carboxylic acids is 2. The fraction of sp³-hybridized carbons (Fsp3) is 0.286. The Kier molecular flexibility index (Phi) is 4.29. The Morgan fingerprint density at radius 3 is 2.80 bits per heavy atom. The molecule has 130 valence electrons. The number of anilines is 1. The third-order valence-electron chi connectivity index (χ3n) is 3.14. The van der Waals surface area contributed by atoms with Crippen molar-refractivity contribution >= 4 is 28.8 Å². The smallest absolute Gasteiger partial charge is 0.361 e. The molecule has 0 aliphatic carbocycles. The van der Waals surface area contributed by atoms with Crippen LogP contribution in [0.3, 0.4) is 0 Å². The topological polar surface area (TPSA) is 142 Å². The Balaban J connectivity index is 1.88. The van der Waals surface area contributed by atoms with Crippen molar-refractivity contribution in [1.82, 2.24) is 19.9 Å². The van der Waals surface area contributed by atoms with Crippen LogP contribution in [0.4, 0.5) is 5.82 Å². The van der Waals surface area contributed by atoms with Gasteiger partial charge in [-0.2, -0.15) is 0 Å². The summed E-state index contributed by atoms with van der Waals surface area (Å²) in [5, 5.41) is 9.47. The highest BCUT2D eigenvalue weighted by Crippen LogP contribution is 2.13. The third-order valence-corrected chi connectivity index (χ3v) is 3.14. The van der Waals surface area contributed by atoms with Crippen LogP contribution in [-0.2, 0) is 16.1 Å². The molecule has 0 radical (unpaired) electrons. The molecule has 0 unspecified atom stereocenters. The molecule has 0 fully saturated rings. The van der Waals surface area contributed by atoms with Gasteiger partial charge in [-0.25, -0.2) is 9.78 Å². The number of carbonyl (C=O) groups is 2. The van der Waals surface area contributed by atoms with E-state index < -0.39 is 17.4 Å². The minimum absolute atomic E-state index is 0.112. The number of hydrogen-bond donors (Lipinski definition) is 1. The number of fused-ring (bicyclic) bond motifs is 1. The van der Waals surface area contributed by atoms with Crippen LogP contribution >= 0.6 is 0 Å². The molecule has 0 aromatic carbocycles. The van der Waals surface area contributed by atoms with Gasteiger partial charge in [-0.1, -0.05) is 10.3 Å². The van der Waals surface area contributed by atoms with E-state index >= 15 is 0 Å². The first kappa shape index (κ1) is 16.4. The number of nitrogens with zero attached hydrogens (tertiary/aromatic N) is 4. The maximum Gasteiger partial charge on any atom is 0.361 e. The number of rotatable bonds is 5. The van der Waals surface area contributed by atoms with Gasteiger partial charge < -0.3 is 19.1 Å². The molecule has 3 heterocycles. The Bertz CT molecular complexity index is 1000. The molecule has 25 heavy (non-hydrogen) atoms. The van der Waals surface area contributed by atoms with Crippen LogP contribution in [0.2, 0.25) is 0 Å². The standard InChI is InChI=1S/C14H13N5O6/c1-3-23-14(22)11-10-12(25-18-11)15-6-19(13(10)21)5-9(20)16-8-4-7(2)24-17-8/h4,6H,3,5H2,1-2H3,(H,16,17,20). The number of esters is 1. The number of amides is 1. The van der Waals surface area contributed by atoms with Crippen molar-refractivity contribution in [2.45, 2.75) is 20.4 Å². The van der Waals surface area contributed by atoms with E-state index in [1.54, 1.807) is 13.8 Å². The maximum absolute atomic E-state index is 12.5. The zero-order valence-electron chi connectivity index (χ0n) is 13.3. The number of aromatic nitrogens is 4. The van der Waals surface area contributed by atoms with E-state index in [0.29, 0.717) is 5.76 Å². The van der Waals surface area contributed by atoms with E-state index in [-0.39, 0.29) is 35.8 Å². The first-order chi connectivity index (χ1) is 12.0. The molecule has 3 rings (SSSR count). The minimum atomic E-state index is -0.805. The fourth-order valence-electron chi connectivity index (χ4n) is 2.09. The summed E-state index contributed by atoms with van der Waals surface area (Å²) in [6, 6.07) is 1.53. The second-order valence-electron chi connectivity index (χ2n) is 4.98. The number of nitrogens with one attached hydrogen (secondary N) is 1. The van der Waals surface area contributed by atoms with Crippen LogP contribution < -0.4 is 10.9 Å². The van der Waals surface area contributed by atoms with Gasteiger partial charge in [-0.3, -0.25) is 14.2 Å². The van der Waals surface area contributed by atoms with Crippen molar-refractivity contribution in [2.24, 2.45) is 0 Å². The molecule has 0 spiro atoms. The van der Waals surface area contributed by atoms with Gasteiger partial charge in [-0.15, -0.1) is 0 Å². The predicted molar refractivity (Wildman–Crippen MR) is 81.9 cm³/mol. The molecule has 0 aliphatic rings. The summed E-state index contributed by atoms with van der Waals surface area (Å²) in [4.78, 5) is 40.3. The molecular formula is C14H13N5O6. The lowest BCUT2D eigenvalue weighted by Gasteiger charge is -2.04. The van der Waals surface area contributed by atoms with Crippen LogP contribution in [0.15, 0.2) is 26.2 Å². The summed E-state index contributed by atoms with van der Waals surface area (Å²) >= 11 is 0. The predicted octanol–water partition coefficient (Wildman–Crippen LogP) is 0.496. The lowest BCUT2D eigenvalue weighted by Crippen LogP contribution is -2.28. The third kappa shape index (κ3) is 3.24. The quantitative estimate of drug-likeness (QED) is 0.652. The Morgan fingerprint density at radius 1 is 1.32 bits per heavy atom. The van der Waals surface area contributed by atoms with Gasteiger partial charge in [0, 0.05) is 6.07 Å². The van der Waals surface area contributed by atoms with Crippen molar-refractivity contribution in [3.8, 4) is 0 Å². The summed E-state index contributed by atoms with van der Waals surface area (Å²) in [5.74, 6) is -0.577. The number of ether oxygens (including phenoxy) is 1. The molecule has 0 aliphatic heterocycles. The largest absolute Gasteiger partial charge is 0.461 e. The van der Waals surface area contributed by atoms with Crippen LogP contribution in [0.5, 0.6) is 0 Å². The van der Waals surface area contributed by atoms with Crippen molar-refractivity contribution in [2.75, 3.05) is 11.9 Å². The second kappa shape index (κ2) is 6.55. The first-order valence-electron chi connectivity index (χ1n) is 7.24. The van der Waals surface area contributed by atoms with E-state index in [2.05, 4.69) is 20.6 Å². The summed E-state index contributed by atoms with van der Waals surface area (Å²) in [5.41, 5.74) is -1.05. The summed E-state index contributed by atoms with van der Waals surface area (Å²) in [6.45, 7) is 3.06. The van der Waals surface area contributed by atoms with Crippen LogP contribution in [0.25, 0.3) is 11.1 Å². The molecular weight excluding hydrogens is 334 g/mol. The van der Waals surface area contributed by atoms with E-state index in [0.717, 1.165) is 10.9 Å². The van der Waals surface area contributed by atoms with Crippen LogP contribution in [0, 0.1) is 6.92 Å². The molecule has 11 nitrogen and oxygen atoms in total. The average molecular weight is 347 g/mol. The molecule has 3 aromatic heterocycles. The normalized spacial score (nSPS) is 10.8. The Labute approximate surface area is 139 Å². The monoisotopic (exact) mass is 347 g/mol. The summed E-state index contributed by atoms with van der Waals surface area (Å²) in [7, 11) is 0. The van der Waals surface area contributed by atoms with Gasteiger partial charge in [0.1, 0.15) is 24.0 Å². The lowest BCUT2D eigenvalue weighted by molar-refractivity contribution is -0.116. The van der Waals surface area contributed by atoms with Gasteiger partial charge in [0.25, 0.3) is 11.3 Å².